The van der Waals surface area contributed by atoms with Crippen LogP contribution in [-0.2, 0) is 15.2 Å². The van der Waals surface area contributed by atoms with E-state index in [1.54, 1.807) is 13.0 Å². The first-order chi connectivity index (χ1) is 11.9. The van der Waals surface area contributed by atoms with Crippen molar-refractivity contribution in [2.75, 3.05) is 19.0 Å². The number of hydrogen-bond acceptors (Lipinski definition) is 5. The molecule has 0 saturated heterocycles. The Labute approximate surface area is 153 Å². The third-order valence-electron chi connectivity index (χ3n) is 4.08. The van der Waals surface area contributed by atoms with Crippen molar-refractivity contribution in [3.8, 4) is 5.69 Å². The first kappa shape index (κ1) is 19.0. The van der Waals surface area contributed by atoms with E-state index in [0.29, 0.717) is 5.56 Å². The molecule has 1 heterocycles. The molecule has 0 atom stereocenters. The van der Waals surface area contributed by atoms with Crippen LogP contribution in [-0.4, -0.2) is 37.3 Å². The summed E-state index contributed by atoms with van der Waals surface area (Å²) in [4.78, 5) is 4.79. The Bertz CT molecular complexity index is 966. The molecule has 1 fully saturated rings. The lowest BCUT2D eigenvalue weighted by molar-refractivity contribution is -0.144. The first-order valence-electron chi connectivity index (χ1n) is 7.70. The molecule has 0 bridgehead atoms. The second-order valence-electron chi connectivity index (χ2n) is 6.43. The standard InChI is InChI=1S/C15H16ClF3N4O2S/c1-8-6-10(9-4-5-9)11(7-12(8)26(16,24)25)23-14(22(2)3)20-13(21-23)15(17,18)19/h6-7,9H,4-5H2,1-3H3. The largest absolute Gasteiger partial charge is 0.453 e. The number of anilines is 1. The van der Waals surface area contributed by atoms with Crippen molar-refractivity contribution in [2.45, 2.75) is 36.8 Å². The first-order valence-corrected chi connectivity index (χ1v) is 10.0. The zero-order chi connectivity index (χ0) is 19.4. The summed E-state index contributed by atoms with van der Waals surface area (Å²) in [5.41, 5.74) is 1.41. The van der Waals surface area contributed by atoms with E-state index in [9.17, 15) is 21.6 Å². The van der Waals surface area contributed by atoms with E-state index in [2.05, 4.69) is 10.1 Å². The van der Waals surface area contributed by atoms with Crippen LogP contribution in [0.5, 0.6) is 0 Å². The summed E-state index contributed by atoms with van der Waals surface area (Å²) in [7, 11) is 4.49. The van der Waals surface area contributed by atoms with E-state index in [0.717, 1.165) is 23.1 Å². The minimum absolute atomic E-state index is 0.0546. The summed E-state index contributed by atoms with van der Waals surface area (Å²) in [5.74, 6) is -1.20. The van der Waals surface area contributed by atoms with E-state index in [1.165, 1.54) is 25.1 Å². The van der Waals surface area contributed by atoms with Gasteiger partial charge in [-0.15, -0.1) is 5.10 Å². The topological polar surface area (TPSA) is 68.1 Å². The Balaban J connectivity index is 2.30. The molecule has 3 rings (SSSR count). The van der Waals surface area contributed by atoms with Crippen LogP contribution in [0.3, 0.4) is 0 Å². The Morgan fingerprint density at radius 2 is 1.88 bits per heavy atom. The zero-order valence-electron chi connectivity index (χ0n) is 14.2. The van der Waals surface area contributed by atoms with Gasteiger partial charge in [0.25, 0.3) is 14.9 Å². The van der Waals surface area contributed by atoms with E-state index < -0.39 is 21.1 Å². The van der Waals surface area contributed by atoms with Gasteiger partial charge in [0, 0.05) is 24.8 Å². The predicted molar refractivity (Wildman–Crippen MR) is 90.4 cm³/mol. The van der Waals surface area contributed by atoms with Crippen LogP contribution in [0.25, 0.3) is 5.69 Å². The second-order valence-corrected chi connectivity index (χ2v) is 8.96. The number of benzene rings is 1. The SMILES string of the molecule is Cc1cc(C2CC2)c(-n2nc(C(F)(F)F)nc2N(C)C)cc1S(=O)(=O)Cl. The number of rotatable bonds is 4. The molecule has 1 saturated carbocycles. The van der Waals surface area contributed by atoms with Crippen molar-refractivity contribution in [3.05, 3.63) is 29.1 Å². The molecule has 0 unspecified atom stereocenters. The molecule has 1 aromatic carbocycles. The highest BCUT2D eigenvalue weighted by Gasteiger charge is 2.38. The average Bonchev–Trinajstić information content (AvgIpc) is 3.22. The summed E-state index contributed by atoms with van der Waals surface area (Å²) in [6.07, 6.45) is -2.98. The van der Waals surface area contributed by atoms with Gasteiger partial charge < -0.3 is 4.90 Å². The Morgan fingerprint density at radius 3 is 2.35 bits per heavy atom. The molecular weight excluding hydrogens is 393 g/mol. The third-order valence-corrected chi connectivity index (χ3v) is 5.54. The van der Waals surface area contributed by atoms with Crippen LogP contribution in [0.15, 0.2) is 17.0 Å². The molecule has 142 valence electrons. The van der Waals surface area contributed by atoms with Gasteiger partial charge in [-0.3, -0.25) is 0 Å². The Morgan fingerprint density at radius 1 is 1.27 bits per heavy atom. The van der Waals surface area contributed by atoms with E-state index in [-0.39, 0.29) is 22.4 Å². The van der Waals surface area contributed by atoms with Gasteiger partial charge in [-0.25, -0.2) is 8.42 Å². The molecule has 0 N–H and O–H groups in total. The molecule has 11 heteroatoms. The smallest absolute Gasteiger partial charge is 0.347 e. The normalized spacial score (nSPS) is 15.3. The summed E-state index contributed by atoms with van der Waals surface area (Å²) in [5, 5.41) is 3.60. The third kappa shape index (κ3) is 3.52. The molecule has 1 aromatic heterocycles. The highest BCUT2D eigenvalue weighted by atomic mass is 35.7. The van der Waals surface area contributed by atoms with Crippen LogP contribution in [0.4, 0.5) is 19.1 Å². The van der Waals surface area contributed by atoms with Gasteiger partial charge in [-0.1, -0.05) is 6.07 Å². The minimum atomic E-state index is -4.72. The van der Waals surface area contributed by atoms with Crippen molar-refractivity contribution >= 4 is 25.7 Å². The van der Waals surface area contributed by atoms with Crippen molar-refractivity contribution in [1.29, 1.82) is 0 Å². The lowest BCUT2D eigenvalue weighted by atomic mass is 10.1. The zero-order valence-corrected chi connectivity index (χ0v) is 15.7. The van der Waals surface area contributed by atoms with Crippen LogP contribution < -0.4 is 4.90 Å². The summed E-state index contributed by atoms with van der Waals surface area (Å²) >= 11 is 0. The van der Waals surface area contributed by atoms with Gasteiger partial charge in [0.15, 0.2) is 0 Å². The molecule has 0 amide bonds. The quantitative estimate of drug-likeness (QED) is 0.725. The van der Waals surface area contributed by atoms with Gasteiger partial charge in [-0.2, -0.15) is 22.8 Å². The van der Waals surface area contributed by atoms with Gasteiger partial charge >= 0.3 is 6.18 Å². The molecule has 26 heavy (non-hydrogen) atoms. The van der Waals surface area contributed by atoms with E-state index >= 15 is 0 Å². The lowest BCUT2D eigenvalue weighted by Gasteiger charge is -2.17. The van der Waals surface area contributed by atoms with Gasteiger partial charge in [0.2, 0.25) is 5.95 Å². The fourth-order valence-electron chi connectivity index (χ4n) is 2.74. The maximum Gasteiger partial charge on any atom is 0.453 e. The van der Waals surface area contributed by atoms with E-state index in [1.807, 2.05) is 0 Å². The van der Waals surface area contributed by atoms with E-state index in [4.69, 9.17) is 10.7 Å². The molecular formula is C15H16ClF3N4O2S. The predicted octanol–water partition coefficient (Wildman–Crippen LogP) is 3.47. The summed E-state index contributed by atoms with van der Waals surface area (Å²) < 4.78 is 64.0. The molecule has 1 aliphatic rings. The minimum Gasteiger partial charge on any atom is -0.347 e. The highest BCUT2D eigenvalue weighted by molar-refractivity contribution is 8.13. The van der Waals surface area contributed by atoms with Gasteiger partial charge in [-0.05, 0) is 42.9 Å². The van der Waals surface area contributed by atoms with Crippen molar-refractivity contribution in [2.24, 2.45) is 0 Å². The molecule has 0 spiro atoms. The van der Waals surface area contributed by atoms with Gasteiger partial charge in [0.1, 0.15) is 0 Å². The van der Waals surface area contributed by atoms with Crippen LogP contribution in [0.1, 0.15) is 35.7 Å². The fourth-order valence-corrected chi connectivity index (χ4v) is 3.94. The number of aromatic nitrogens is 3. The van der Waals surface area contributed by atoms with Gasteiger partial charge in [0.05, 0.1) is 10.6 Å². The number of nitrogens with zero attached hydrogens (tertiary/aromatic N) is 4. The van der Waals surface area contributed by atoms with Crippen LogP contribution >= 0.6 is 10.7 Å². The second kappa shape index (κ2) is 6.12. The summed E-state index contributed by atoms with van der Waals surface area (Å²) in [6, 6.07) is 2.92. The highest BCUT2D eigenvalue weighted by Crippen LogP contribution is 2.45. The monoisotopic (exact) mass is 408 g/mol. The molecule has 6 nitrogen and oxygen atoms in total. The average molecular weight is 409 g/mol. The lowest BCUT2D eigenvalue weighted by Crippen LogP contribution is -2.16. The Hall–Kier alpha value is -1.81. The van der Waals surface area contributed by atoms with Crippen LogP contribution in [0, 0.1) is 6.92 Å². The molecule has 2 aromatic rings. The molecule has 0 radical (unpaired) electrons. The van der Waals surface area contributed by atoms with Crippen LogP contribution in [0.2, 0.25) is 0 Å². The van der Waals surface area contributed by atoms with Crippen molar-refractivity contribution in [3.63, 3.8) is 0 Å². The Kier molecular flexibility index (Phi) is 4.47. The maximum absolute atomic E-state index is 13.1. The number of aryl methyl sites for hydroxylation is 1. The number of hydrogen-bond donors (Lipinski definition) is 0. The number of halogens is 4. The number of alkyl halides is 3. The van der Waals surface area contributed by atoms with Crippen molar-refractivity contribution in [1.82, 2.24) is 14.8 Å². The van der Waals surface area contributed by atoms with Crippen molar-refractivity contribution < 1.29 is 21.6 Å². The molecule has 0 aliphatic heterocycles. The fraction of sp³-hybridized carbons (Fsp3) is 0.467. The summed E-state index contributed by atoms with van der Waals surface area (Å²) in [6.45, 7) is 1.60. The molecule has 1 aliphatic carbocycles. The maximum atomic E-state index is 13.1.